The molecule has 0 bridgehead atoms. The van der Waals surface area contributed by atoms with E-state index in [4.69, 9.17) is 9.47 Å². The van der Waals surface area contributed by atoms with Crippen LogP contribution in [0.3, 0.4) is 0 Å². The Morgan fingerprint density at radius 3 is 2.70 bits per heavy atom. The third-order valence-electron chi connectivity index (χ3n) is 9.05. The van der Waals surface area contributed by atoms with Gasteiger partial charge >= 0.3 is 0 Å². The molecule has 0 aromatic heterocycles. The van der Waals surface area contributed by atoms with Gasteiger partial charge in [-0.05, 0) is 63.5 Å². The lowest BCUT2D eigenvalue weighted by Gasteiger charge is -2.59. The molecule has 1 aliphatic heterocycles. The lowest BCUT2D eigenvalue weighted by molar-refractivity contribution is -0.225. The number of fused-ring (bicyclic) bond motifs is 7. The summed E-state index contributed by atoms with van der Waals surface area (Å²) in [7, 11) is 0. The van der Waals surface area contributed by atoms with Crippen LogP contribution in [0.15, 0.2) is 23.8 Å². The molecule has 0 amide bonds. The summed E-state index contributed by atoms with van der Waals surface area (Å²) in [4.78, 5) is 25.1. The minimum atomic E-state index is -1.24. The Kier molecular flexibility index (Phi) is 4.20. The number of aliphatic hydroxyl groups is 2. The minimum Gasteiger partial charge on any atom is -0.393 e. The zero-order chi connectivity index (χ0) is 21.7. The Morgan fingerprint density at radius 1 is 1.27 bits per heavy atom. The minimum absolute atomic E-state index is 0.0167. The lowest BCUT2D eigenvalue weighted by Crippen LogP contribution is -2.63. The summed E-state index contributed by atoms with van der Waals surface area (Å²) in [5.41, 5.74) is -1.12. The summed E-state index contributed by atoms with van der Waals surface area (Å²) >= 11 is 0. The van der Waals surface area contributed by atoms with Gasteiger partial charge in [0.1, 0.15) is 6.61 Å². The molecule has 5 rings (SSSR count). The smallest absolute Gasteiger partial charge is 0.193 e. The fourth-order valence-corrected chi connectivity index (χ4v) is 8.04. The number of ether oxygens (including phenoxy) is 2. The molecule has 5 aliphatic rings. The van der Waals surface area contributed by atoms with Gasteiger partial charge in [0, 0.05) is 16.7 Å². The maximum absolute atomic E-state index is 13.2. The van der Waals surface area contributed by atoms with Crippen molar-refractivity contribution in [2.75, 3.05) is 6.61 Å². The number of ketones is 2. The number of carbonyl (C=O) groups excluding carboxylic acids is 2. The van der Waals surface area contributed by atoms with Crippen LogP contribution in [0.4, 0.5) is 0 Å². The van der Waals surface area contributed by atoms with Gasteiger partial charge in [-0.15, -0.1) is 0 Å². The second-order valence-electron chi connectivity index (χ2n) is 10.9. The van der Waals surface area contributed by atoms with E-state index < -0.39 is 35.6 Å². The first-order valence-corrected chi connectivity index (χ1v) is 11.1. The van der Waals surface area contributed by atoms with Gasteiger partial charge in [-0.1, -0.05) is 25.5 Å². The van der Waals surface area contributed by atoms with E-state index >= 15 is 0 Å². The SMILES string of the molecule is CC1(C)O[C@@H]2C[C@H]3[C@@H]4CCC5=CC(=O)C=C[C@]5(C)[C@@H]4C(O)C[C@]3(C)[C@@]2(C(=O)CO)O1. The van der Waals surface area contributed by atoms with E-state index in [0.29, 0.717) is 12.8 Å². The van der Waals surface area contributed by atoms with Gasteiger partial charge in [0.2, 0.25) is 0 Å². The quantitative estimate of drug-likeness (QED) is 0.718. The fourth-order valence-electron chi connectivity index (χ4n) is 8.04. The summed E-state index contributed by atoms with van der Waals surface area (Å²) < 4.78 is 12.6. The van der Waals surface area contributed by atoms with Gasteiger partial charge in [-0.2, -0.15) is 0 Å². The molecule has 30 heavy (non-hydrogen) atoms. The molecule has 1 heterocycles. The number of aliphatic hydroxyl groups excluding tert-OH is 2. The molecule has 3 saturated carbocycles. The molecule has 2 N–H and O–H groups in total. The van der Waals surface area contributed by atoms with Crippen LogP contribution in [-0.2, 0) is 19.1 Å². The summed E-state index contributed by atoms with van der Waals surface area (Å²) in [6.45, 7) is 7.19. The number of Topliss-reactive ketones (excluding diaryl/α,β-unsaturated/α-hetero) is 1. The summed E-state index contributed by atoms with van der Waals surface area (Å²) in [6, 6.07) is 0. The van der Waals surface area contributed by atoms with Crippen LogP contribution in [-0.4, -0.2) is 52.0 Å². The first kappa shape index (κ1) is 20.6. The van der Waals surface area contributed by atoms with E-state index in [-0.39, 0.29) is 34.7 Å². The third kappa shape index (κ3) is 2.34. The third-order valence-corrected chi connectivity index (χ3v) is 9.05. The van der Waals surface area contributed by atoms with Gasteiger partial charge in [0.15, 0.2) is 23.0 Å². The number of allylic oxidation sites excluding steroid dienone is 4. The Balaban J connectivity index is 1.59. The van der Waals surface area contributed by atoms with Crippen molar-refractivity contribution in [3.63, 3.8) is 0 Å². The first-order valence-electron chi connectivity index (χ1n) is 11.1. The number of hydrogen-bond donors (Lipinski definition) is 2. The standard InChI is InChI=1S/C24H32O6/c1-21(2)29-19-10-16-15-6-5-13-9-14(26)7-8-22(13,3)20(15)17(27)11-23(16,4)24(19,30-21)18(28)12-25/h7-9,15-17,19-20,25,27H,5-6,10-12H2,1-4H3/t15-,16-,17?,19+,20-,22-,23-,24-/m0/s1. The molecule has 0 radical (unpaired) electrons. The highest BCUT2D eigenvalue weighted by Gasteiger charge is 2.76. The molecular formula is C24H32O6. The normalized spacial score (nSPS) is 50.9. The molecule has 0 spiro atoms. The van der Waals surface area contributed by atoms with Crippen molar-refractivity contribution in [3.8, 4) is 0 Å². The van der Waals surface area contributed by atoms with Crippen molar-refractivity contribution in [1.29, 1.82) is 0 Å². The average molecular weight is 417 g/mol. The maximum Gasteiger partial charge on any atom is 0.193 e. The molecule has 8 atom stereocenters. The van der Waals surface area contributed by atoms with Gasteiger partial charge < -0.3 is 19.7 Å². The van der Waals surface area contributed by atoms with Crippen LogP contribution < -0.4 is 0 Å². The molecule has 4 fully saturated rings. The highest BCUT2D eigenvalue weighted by atomic mass is 16.8. The van der Waals surface area contributed by atoms with E-state index in [9.17, 15) is 19.8 Å². The summed E-state index contributed by atoms with van der Waals surface area (Å²) in [6.07, 6.45) is 7.04. The number of carbonyl (C=O) groups is 2. The lowest BCUT2D eigenvalue weighted by atomic mass is 9.46. The average Bonchev–Trinajstić information content (AvgIpc) is 3.07. The first-order chi connectivity index (χ1) is 14.0. The molecule has 0 aromatic rings. The molecule has 1 saturated heterocycles. The van der Waals surface area contributed by atoms with Crippen LogP contribution in [0.2, 0.25) is 0 Å². The predicted octanol–water partition coefficient (Wildman–Crippen LogP) is 2.33. The molecule has 1 unspecified atom stereocenters. The van der Waals surface area contributed by atoms with Crippen LogP contribution in [0.5, 0.6) is 0 Å². The fraction of sp³-hybridized carbons (Fsp3) is 0.750. The van der Waals surface area contributed by atoms with Crippen LogP contribution in [0.1, 0.15) is 53.4 Å². The molecule has 6 heteroatoms. The molecule has 6 nitrogen and oxygen atoms in total. The van der Waals surface area contributed by atoms with E-state index in [0.717, 1.165) is 18.4 Å². The predicted molar refractivity (Wildman–Crippen MR) is 108 cm³/mol. The Hall–Kier alpha value is -1.34. The van der Waals surface area contributed by atoms with Gasteiger partial charge in [-0.25, -0.2) is 0 Å². The van der Waals surface area contributed by atoms with Gasteiger partial charge in [-0.3, -0.25) is 9.59 Å². The van der Waals surface area contributed by atoms with E-state index in [1.165, 1.54) is 0 Å². The van der Waals surface area contributed by atoms with Crippen molar-refractivity contribution in [2.45, 2.75) is 77.0 Å². The van der Waals surface area contributed by atoms with E-state index in [1.807, 2.05) is 13.0 Å². The van der Waals surface area contributed by atoms with E-state index in [2.05, 4.69) is 6.92 Å². The Morgan fingerprint density at radius 2 is 2.00 bits per heavy atom. The summed E-state index contributed by atoms with van der Waals surface area (Å²) in [5, 5.41) is 21.3. The molecule has 164 valence electrons. The number of rotatable bonds is 2. The van der Waals surface area contributed by atoms with Crippen LogP contribution in [0.25, 0.3) is 0 Å². The highest BCUT2D eigenvalue weighted by Crippen LogP contribution is 2.70. The largest absolute Gasteiger partial charge is 0.393 e. The van der Waals surface area contributed by atoms with Crippen molar-refractivity contribution >= 4 is 11.6 Å². The van der Waals surface area contributed by atoms with Crippen molar-refractivity contribution in [2.24, 2.45) is 28.6 Å². The van der Waals surface area contributed by atoms with Gasteiger partial charge in [0.05, 0.1) is 12.2 Å². The van der Waals surface area contributed by atoms with Crippen molar-refractivity contribution < 1.29 is 29.3 Å². The Bertz CT molecular complexity index is 873. The number of hydrogen-bond acceptors (Lipinski definition) is 6. The zero-order valence-electron chi connectivity index (χ0n) is 18.2. The molecule has 0 aromatic carbocycles. The second-order valence-corrected chi connectivity index (χ2v) is 10.9. The van der Waals surface area contributed by atoms with E-state index in [1.54, 1.807) is 26.0 Å². The molecular weight excluding hydrogens is 384 g/mol. The second kappa shape index (κ2) is 6.12. The van der Waals surface area contributed by atoms with Crippen molar-refractivity contribution in [3.05, 3.63) is 23.8 Å². The Labute approximate surface area is 177 Å². The van der Waals surface area contributed by atoms with Crippen molar-refractivity contribution in [1.82, 2.24) is 0 Å². The molecule has 4 aliphatic carbocycles. The monoisotopic (exact) mass is 416 g/mol. The van der Waals surface area contributed by atoms with Crippen LogP contribution in [0, 0.1) is 28.6 Å². The maximum atomic E-state index is 13.2. The topological polar surface area (TPSA) is 93.1 Å². The van der Waals surface area contributed by atoms with Gasteiger partial charge in [0.25, 0.3) is 0 Å². The summed E-state index contributed by atoms with van der Waals surface area (Å²) in [5.74, 6) is -0.947. The van der Waals surface area contributed by atoms with Crippen LogP contribution >= 0.6 is 0 Å². The highest BCUT2D eigenvalue weighted by molar-refractivity contribution is 6.01. The zero-order valence-corrected chi connectivity index (χ0v) is 18.2.